The summed E-state index contributed by atoms with van der Waals surface area (Å²) in [5.41, 5.74) is 0. The Bertz CT molecular complexity index is 268. The Balaban J connectivity index is 4.42. The van der Waals surface area contributed by atoms with Crippen LogP contribution in [0.25, 0.3) is 0 Å². The van der Waals surface area contributed by atoms with Crippen molar-refractivity contribution in [3.05, 3.63) is 0 Å². The Morgan fingerprint density at radius 3 is 2.08 bits per heavy atom. The van der Waals surface area contributed by atoms with E-state index in [2.05, 4.69) is 0 Å². The minimum Gasteiger partial charge on any atom is -0.263 e. The van der Waals surface area contributed by atoms with Crippen LogP contribution in [0, 0.1) is 0 Å². The first kappa shape index (κ1) is 11.2. The average Bonchev–Trinajstić information content (AvgIpc) is 1.85. The van der Waals surface area contributed by atoms with Gasteiger partial charge in [0.15, 0.2) is 0 Å². The highest BCUT2D eigenvalue weighted by Gasteiger charge is 2.40. The van der Waals surface area contributed by atoms with Gasteiger partial charge in [0, 0.05) is 0 Å². The molecule has 0 aliphatic heterocycles. The van der Waals surface area contributed by atoms with Gasteiger partial charge in [0.05, 0.1) is 5.75 Å². The van der Waals surface area contributed by atoms with Gasteiger partial charge in [0.1, 0.15) is 0 Å². The molecule has 0 aromatic carbocycles. The molecule has 72 valence electrons. The van der Waals surface area contributed by atoms with Crippen molar-refractivity contribution in [1.29, 1.82) is 0 Å². The minimum absolute atomic E-state index is 0.575. The zero-order valence-corrected chi connectivity index (χ0v) is 6.79. The number of hydrogen-bond donors (Lipinski definition) is 1. The summed E-state index contributed by atoms with van der Waals surface area (Å²) in [6.07, 6.45) is -5.16. The molecule has 0 heterocycles. The summed E-state index contributed by atoms with van der Waals surface area (Å²) in [6, 6.07) is 0. The summed E-state index contributed by atoms with van der Waals surface area (Å²) < 4.78 is 56.0. The van der Waals surface area contributed by atoms with E-state index >= 15 is 0 Å². The van der Waals surface area contributed by atoms with Crippen LogP contribution in [0.2, 0.25) is 0 Å². The number of alkyl halides is 3. The zero-order valence-electron chi connectivity index (χ0n) is 5.97. The molecule has 0 unspecified atom stereocenters. The summed E-state index contributed by atoms with van der Waals surface area (Å²) in [5, 5.41) is 0. The Kier molecular flexibility index (Phi) is 3.08. The standard InChI is InChI=1S/C4H6F3NO3S/c1-2-12(10,11)8-3(9)4(5,6)7/h2H2,1H3,(H,8,9). The van der Waals surface area contributed by atoms with E-state index < -0.39 is 27.9 Å². The summed E-state index contributed by atoms with van der Waals surface area (Å²) in [7, 11) is -4.12. The molecule has 0 aromatic rings. The molecule has 0 rings (SSSR count). The van der Waals surface area contributed by atoms with Crippen LogP contribution in [0.3, 0.4) is 0 Å². The lowest BCUT2D eigenvalue weighted by Crippen LogP contribution is -2.41. The first-order chi connectivity index (χ1) is 5.19. The Hall–Kier alpha value is -0.790. The summed E-state index contributed by atoms with van der Waals surface area (Å²) in [6.45, 7) is 1.12. The van der Waals surface area contributed by atoms with Crippen molar-refractivity contribution in [2.24, 2.45) is 0 Å². The second-order valence-electron chi connectivity index (χ2n) is 1.83. The fourth-order valence-corrected chi connectivity index (χ4v) is 0.814. The monoisotopic (exact) mass is 205 g/mol. The van der Waals surface area contributed by atoms with E-state index in [0.29, 0.717) is 0 Å². The number of hydrogen-bond acceptors (Lipinski definition) is 3. The van der Waals surface area contributed by atoms with Crippen molar-refractivity contribution in [3.63, 3.8) is 0 Å². The molecule has 12 heavy (non-hydrogen) atoms. The molecule has 4 nitrogen and oxygen atoms in total. The van der Waals surface area contributed by atoms with E-state index in [1.807, 2.05) is 0 Å². The lowest BCUT2D eigenvalue weighted by Gasteiger charge is -2.06. The number of sulfonamides is 1. The second-order valence-corrected chi connectivity index (χ2v) is 3.84. The van der Waals surface area contributed by atoms with Crippen LogP contribution in [0.5, 0.6) is 0 Å². The predicted molar refractivity (Wildman–Crippen MR) is 33.7 cm³/mol. The van der Waals surface area contributed by atoms with Gasteiger partial charge in [-0.05, 0) is 6.92 Å². The van der Waals surface area contributed by atoms with Gasteiger partial charge in [-0.2, -0.15) is 13.2 Å². The SMILES string of the molecule is CCS(=O)(=O)NC(=O)C(F)(F)F. The van der Waals surface area contributed by atoms with E-state index in [9.17, 15) is 26.4 Å². The second kappa shape index (κ2) is 3.30. The predicted octanol–water partition coefficient (Wildman–Crippen LogP) is 0.0146. The molecule has 0 aliphatic rings. The van der Waals surface area contributed by atoms with Crippen molar-refractivity contribution < 1.29 is 26.4 Å². The maximum atomic E-state index is 11.4. The first-order valence-corrected chi connectivity index (χ1v) is 4.46. The van der Waals surface area contributed by atoms with Gasteiger partial charge >= 0.3 is 12.1 Å². The molecule has 8 heteroatoms. The highest BCUT2D eigenvalue weighted by atomic mass is 32.2. The number of halogens is 3. The van der Waals surface area contributed by atoms with Gasteiger partial charge in [-0.15, -0.1) is 0 Å². The van der Waals surface area contributed by atoms with Crippen LogP contribution >= 0.6 is 0 Å². The van der Waals surface area contributed by atoms with Crippen LogP contribution < -0.4 is 4.72 Å². The number of rotatable bonds is 2. The maximum Gasteiger partial charge on any atom is 0.472 e. The smallest absolute Gasteiger partial charge is 0.263 e. The van der Waals surface area contributed by atoms with E-state index in [4.69, 9.17) is 0 Å². The molecule has 1 N–H and O–H groups in total. The highest BCUT2D eigenvalue weighted by molar-refractivity contribution is 7.90. The molecule has 1 amide bonds. The van der Waals surface area contributed by atoms with E-state index in [0.717, 1.165) is 11.6 Å². The lowest BCUT2D eigenvalue weighted by atomic mass is 10.6. The molecular formula is C4H6F3NO3S. The molecular weight excluding hydrogens is 199 g/mol. The van der Waals surface area contributed by atoms with Crippen molar-refractivity contribution >= 4 is 15.9 Å². The van der Waals surface area contributed by atoms with Crippen LogP contribution in [-0.4, -0.2) is 26.3 Å². The Morgan fingerprint density at radius 1 is 1.42 bits per heavy atom. The third kappa shape index (κ3) is 3.56. The van der Waals surface area contributed by atoms with Crippen molar-refractivity contribution in [2.75, 3.05) is 5.75 Å². The maximum absolute atomic E-state index is 11.4. The van der Waals surface area contributed by atoms with E-state index in [1.54, 1.807) is 0 Å². The topological polar surface area (TPSA) is 63.2 Å². The van der Waals surface area contributed by atoms with Crippen LogP contribution in [0.1, 0.15) is 6.92 Å². The van der Waals surface area contributed by atoms with E-state index in [-0.39, 0.29) is 0 Å². The number of carbonyl (C=O) groups is 1. The molecule has 0 aliphatic carbocycles. The fourth-order valence-electron chi connectivity index (χ4n) is 0.271. The van der Waals surface area contributed by atoms with Gasteiger partial charge in [-0.1, -0.05) is 0 Å². The summed E-state index contributed by atoms with van der Waals surface area (Å²) in [4.78, 5) is 10.0. The molecule has 0 spiro atoms. The molecule has 0 atom stereocenters. The Labute approximate surface area is 66.8 Å². The van der Waals surface area contributed by atoms with Crippen molar-refractivity contribution in [1.82, 2.24) is 4.72 Å². The molecule has 0 fully saturated rings. The van der Waals surface area contributed by atoms with Crippen molar-refractivity contribution in [2.45, 2.75) is 13.1 Å². The Morgan fingerprint density at radius 2 is 1.83 bits per heavy atom. The fraction of sp³-hybridized carbons (Fsp3) is 0.750. The largest absolute Gasteiger partial charge is 0.472 e. The summed E-state index contributed by atoms with van der Waals surface area (Å²) >= 11 is 0. The third-order valence-corrected chi connectivity index (χ3v) is 2.14. The van der Waals surface area contributed by atoms with Gasteiger partial charge < -0.3 is 0 Å². The minimum atomic E-state index is -5.16. The quantitative estimate of drug-likeness (QED) is 0.690. The van der Waals surface area contributed by atoms with Crippen LogP contribution in [-0.2, 0) is 14.8 Å². The molecule has 0 bridgehead atoms. The molecule has 0 saturated heterocycles. The number of amides is 1. The van der Waals surface area contributed by atoms with Gasteiger partial charge in [-0.25, -0.2) is 13.1 Å². The lowest BCUT2D eigenvalue weighted by molar-refractivity contribution is -0.171. The van der Waals surface area contributed by atoms with Crippen molar-refractivity contribution in [3.8, 4) is 0 Å². The first-order valence-electron chi connectivity index (χ1n) is 2.80. The number of nitrogens with one attached hydrogen (secondary N) is 1. The highest BCUT2D eigenvalue weighted by Crippen LogP contribution is 2.14. The summed E-state index contributed by atoms with van der Waals surface area (Å²) in [5.74, 6) is -3.04. The van der Waals surface area contributed by atoms with Crippen LogP contribution in [0.15, 0.2) is 0 Å². The molecule has 0 radical (unpaired) electrons. The zero-order chi connectivity index (χ0) is 9.99. The van der Waals surface area contributed by atoms with Gasteiger partial charge in [-0.3, -0.25) is 4.79 Å². The van der Waals surface area contributed by atoms with E-state index in [1.165, 1.54) is 0 Å². The van der Waals surface area contributed by atoms with Gasteiger partial charge in [0.25, 0.3) is 0 Å². The molecule has 0 saturated carbocycles. The third-order valence-electron chi connectivity index (χ3n) is 0.886. The van der Waals surface area contributed by atoms with Gasteiger partial charge in [0.2, 0.25) is 10.0 Å². The number of carbonyl (C=O) groups excluding carboxylic acids is 1. The average molecular weight is 205 g/mol. The normalized spacial score (nSPS) is 12.7. The molecule has 0 aromatic heterocycles. The van der Waals surface area contributed by atoms with Crippen LogP contribution in [0.4, 0.5) is 13.2 Å².